The van der Waals surface area contributed by atoms with Crippen molar-refractivity contribution in [3.05, 3.63) is 28.3 Å². The van der Waals surface area contributed by atoms with Gasteiger partial charge in [-0.3, -0.25) is 4.90 Å². The largest absolute Gasteiger partial charge is 0.490 e. The molecule has 0 bridgehead atoms. The van der Waals surface area contributed by atoms with Gasteiger partial charge in [-0.25, -0.2) is 4.79 Å². The highest BCUT2D eigenvalue weighted by Crippen LogP contribution is 2.34. The van der Waals surface area contributed by atoms with Gasteiger partial charge in [0.05, 0.1) is 11.1 Å². The normalized spacial score (nSPS) is 20.8. The van der Waals surface area contributed by atoms with E-state index in [1.54, 1.807) is 6.92 Å². The lowest BCUT2D eigenvalue weighted by Crippen LogP contribution is -2.55. The summed E-state index contributed by atoms with van der Waals surface area (Å²) in [6.45, 7) is 4.60. The molecule has 0 aromatic heterocycles. The van der Waals surface area contributed by atoms with Crippen molar-refractivity contribution in [1.29, 1.82) is 0 Å². The highest BCUT2D eigenvalue weighted by molar-refractivity contribution is 6.32. The summed E-state index contributed by atoms with van der Waals surface area (Å²) in [5.74, 6) is 6.59. The van der Waals surface area contributed by atoms with E-state index in [1.807, 2.05) is 12.1 Å². The summed E-state index contributed by atoms with van der Waals surface area (Å²) in [6.07, 6.45) is -0.875. The maximum atomic E-state index is 11.1. The van der Waals surface area contributed by atoms with E-state index < -0.39 is 6.09 Å². The van der Waals surface area contributed by atoms with Crippen LogP contribution < -0.4 is 4.74 Å². The molecule has 6 heteroatoms. The molecule has 1 N–H and O–H groups in total. The summed E-state index contributed by atoms with van der Waals surface area (Å²) in [5.41, 5.74) is 1.88. The van der Waals surface area contributed by atoms with Crippen LogP contribution in [0.2, 0.25) is 5.02 Å². The minimum atomic E-state index is -0.875. The molecule has 22 heavy (non-hydrogen) atoms. The van der Waals surface area contributed by atoms with Crippen LogP contribution in [0.3, 0.4) is 0 Å². The van der Waals surface area contributed by atoms with E-state index in [0.717, 1.165) is 11.1 Å². The van der Waals surface area contributed by atoms with Crippen molar-refractivity contribution >= 4 is 17.7 Å². The SMILES string of the molecule is CC#Cc1cc(Cl)c2c(c1)CN1CCN(C(=O)O)CC1CO2. The molecule has 1 amide bonds. The van der Waals surface area contributed by atoms with Gasteiger partial charge in [-0.1, -0.05) is 17.5 Å². The predicted octanol–water partition coefficient (Wildman–Crippen LogP) is 2.27. The van der Waals surface area contributed by atoms with Crippen molar-refractivity contribution in [3.8, 4) is 17.6 Å². The molecule has 116 valence electrons. The molecular weight excluding hydrogens is 304 g/mol. The number of nitrogens with zero attached hydrogens (tertiary/aromatic N) is 2. The highest BCUT2D eigenvalue weighted by atomic mass is 35.5. The van der Waals surface area contributed by atoms with Crippen molar-refractivity contribution in [3.63, 3.8) is 0 Å². The fourth-order valence-corrected chi connectivity index (χ4v) is 3.27. The zero-order chi connectivity index (χ0) is 15.7. The number of benzene rings is 1. The van der Waals surface area contributed by atoms with E-state index in [0.29, 0.717) is 43.6 Å². The number of halogens is 1. The van der Waals surface area contributed by atoms with E-state index >= 15 is 0 Å². The van der Waals surface area contributed by atoms with Crippen LogP contribution in [0.25, 0.3) is 0 Å². The van der Waals surface area contributed by atoms with Gasteiger partial charge in [-0.05, 0) is 19.1 Å². The lowest BCUT2D eigenvalue weighted by atomic mass is 10.1. The van der Waals surface area contributed by atoms with Crippen molar-refractivity contribution in [2.75, 3.05) is 26.2 Å². The predicted molar refractivity (Wildman–Crippen MR) is 83.3 cm³/mol. The summed E-state index contributed by atoms with van der Waals surface area (Å²) >= 11 is 6.32. The molecule has 0 spiro atoms. The summed E-state index contributed by atoms with van der Waals surface area (Å²) in [4.78, 5) is 14.8. The lowest BCUT2D eigenvalue weighted by molar-refractivity contribution is 0.0503. The Morgan fingerprint density at radius 2 is 2.27 bits per heavy atom. The van der Waals surface area contributed by atoms with E-state index in [2.05, 4.69) is 16.7 Å². The number of amides is 1. The molecule has 1 atom stereocenters. The Morgan fingerprint density at radius 3 is 3.00 bits per heavy atom. The average Bonchev–Trinajstić information content (AvgIpc) is 2.66. The Hall–Kier alpha value is -1.90. The van der Waals surface area contributed by atoms with Crippen LogP contribution in [0, 0.1) is 11.8 Å². The molecule has 0 aliphatic carbocycles. The second kappa shape index (κ2) is 6.07. The number of hydrogen-bond donors (Lipinski definition) is 1. The maximum absolute atomic E-state index is 11.1. The van der Waals surface area contributed by atoms with Crippen molar-refractivity contribution in [2.45, 2.75) is 19.5 Å². The molecular formula is C16H17ClN2O3. The molecule has 1 aromatic rings. The number of rotatable bonds is 0. The molecule has 1 fully saturated rings. The van der Waals surface area contributed by atoms with E-state index in [-0.39, 0.29) is 6.04 Å². The van der Waals surface area contributed by atoms with Crippen molar-refractivity contribution in [2.24, 2.45) is 0 Å². The summed E-state index contributed by atoms with van der Waals surface area (Å²) < 4.78 is 5.87. The fraction of sp³-hybridized carbons (Fsp3) is 0.438. The van der Waals surface area contributed by atoms with Crippen LogP contribution >= 0.6 is 11.6 Å². The van der Waals surface area contributed by atoms with Gasteiger partial charge in [0.1, 0.15) is 12.4 Å². The van der Waals surface area contributed by atoms with Gasteiger partial charge in [0.15, 0.2) is 0 Å². The zero-order valence-electron chi connectivity index (χ0n) is 12.3. The van der Waals surface area contributed by atoms with Gasteiger partial charge in [0.2, 0.25) is 0 Å². The maximum Gasteiger partial charge on any atom is 0.407 e. The first-order valence-electron chi connectivity index (χ1n) is 7.18. The smallest absolute Gasteiger partial charge is 0.407 e. The molecule has 2 aliphatic rings. The number of carbonyl (C=O) groups is 1. The first kappa shape index (κ1) is 15.0. The van der Waals surface area contributed by atoms with Crippen LogP contribution in [-0.2, 0) is 6.54 Å². The van der Waals surface area contributed by atoms with Crippen LogP contribution in [0.5, 0.6) is 5.75 Å². The summed E-state index contributed by atoms with van der Waals surface area (Å²) in [7, 11) is 0. The molecule has 1 saturated heterocycles. The Morgan fingerprint density at radius 1 is 1.45 bits per heavy atom. The first-order valence-corrected chi connectivity index (χ1v) is 7.56. The number of hydrogen-bond acceptors (Lipinski definition) is 3. The monoisotopic (exact) mass is 320 g/mol. The van der Waals surface area contributed by atoms with E-state index in [1.165, 1.54) is 4.90 Å². The second-order valence-electron chi connectivity index (χ2n) is 5.49. The third kappa shape index (κ3) is 2.85. The zero-order valence-corrected chi connectivity index (χ0v) is 13.1. The third-order valence-corrected chi connectivity index (χ3v) is 4.34. The molecule has 1 aromatic carbocycles. The van der Waals surface area contributed by atoms with Gasteiger partial charge in [-0.2, -0.15) is 0 Å². The number of carboxylic acid groups (broad SMARTS) is 1. The number of ether oxygens (including phenoxy) is 1. The van der Waals surface area contributed by atoms with Crippen molar-refractivity contribution < 1.29 is 14.6 Å². The van der Waals surface area contributed by atoms with Gasteiger partial charge in [-0.15, -0.1) is 5.92 Å². The summed E-state index contributed by atoms with van der Waals surface area (Å²) in [5, 5.41) is 9.70. The molecule has 0 saturated carbocycles. The molecule has 5 nitrogen and oxygen atoms in total. The second-order valence-corrected chi connectivity index (χ2v) is 5.89. The first-order chi connectivity index (χ1) is 10.6. The molecule has 2 aliphatic heterocycles. The lowest BCUT2D eigenvalue weighted by Gasteiger charge is -2.38. The number of piperazine rings is 1. The van der Waals surface area contributed by atoms with Crippen LogP contribution in [-0.4, -0.2) is 53.3 Å². The quantitative estimate of drug-likeness (QED) is 0.745. The van der Waals surface area contributed by atoms with E-state index in [9.17, 15) is 4.79 Å². The van der Waals surface area contributed by atoms with Crippen LogP contribution in [0.4, 0.5) is 4.79 Å². The van der Waals surface area contributed by atoms with Gasteiger partial charge >= 0.3 is 6.09 Å². The van der Waals surface area contributed by atoms with Gasteiger partial charge in [0, 0.05) is 37.3 Å². The Kier molecular flexibility index (Phi) is 4.14. The van der Waals surface area contributed by atoms with E-state index in [4.69, 9.17) is 21.4 Å². The minimum absolute atomic E-state index is 0.0500. The topological polar surface area (TPSA) is 53.0 Å². The molecule has 3 rings (SSSR count). The molecule has 2 heterocycles. The average molecular weight is 321 g/mol. The fourth-order valence-electron chi connectivity index (χ4n) is 2.98. The third-order valence-electron chi connectivity index (χ3n) is 4.06. The minimum Gasteiger partial charge on any atom is -0.490 e. The van der Waals surface area contributed by atoms with Gasteiger partial charge < -0.3 is 14.7 Å². The standard InChI is InChI=1S/C16H17ClN2O3/c1-2-3-11-6-12-8-18-4-5-19(16(20)21)9-13(18)10-22-15(12)14(17)7-11/h6-7,13H,4-5,8-10H2,1H3,(H,20,21). The van der Waals surface area contributed by atoms with Crippen molar-refractivity contribution in [1.82, 2.24) is 9.80 Å². The summed E-state index contributed by atoms with van der Waals surface area (Å²) in [6, 6.07) is 3.86. The Balaban J connectivity index is 1.87. The number of fused-ring (bicyclic) bond motifs is 2. The van der Waals surface area contributed by atoms with Gasteiger partial charge in [0.25, 0.3) is 0 Å². The van der Waals surface area contributed by atoms with Crippen LogP contribution in [0.15, 0.2) is 12.1 Å². The highest BCUT2D eigenvalue weighted by Gasteiger charge is 2.33. The molecule has 1 unspecified atom stereocenters. The Bertz CT molecular complexity index is 665. The Labute approximate surface area is 134 Å². The molecule has 0 radical (unpaired) electrons. The van der Waals surface area contributed by atoms with Crippen LogP contribution in [0.1, 0.15) is 18.1 Å².